The van der Waals surface area contributed by atoms with Gasteiger partial charge in [0.05, 0.1) is 6.10 Å². The minimum atomic E-state index is -1.79. The van der Waals surface area contributed by atoms with Gasteiger partial charge in [0.25, 0.3) is 0 Å². The molecule has 0 N–H and O–H groups in total. The van der Waals surface area contributed by atoms with Crippen molar-refractivity contribution < 1.29 is 9.22 Å². The number of carbonyl (C=O) groups is 1. The average Bonchev–Trinajstić information content (AvgIpc) is 1.99. The predicted molar refractivity (Wildman–Crippen MR) is 67.6 cm³/mol. The van der Waals surface area contributed by atoms with Crippen molar-refractivity contribution in [3.8, 4) is 0 Å². The zero-order chi connectivity index (χ0) is 12.4. The third-order valence-electron chi connectivity index (χ3n) is 3.22. The molecule has 0 saturated carbocycles. The highest BCUT2D eigenvalue weighted by Gasteiger charge is 2.38. The molecule has 0 spiro atoms. The smallest absolute Gasteiger partial charge is 0.192 e. The lowest BCUT2D eigenvalue weighted by Crippen LogP contribution is -2.44. The molecule has 0 heterocycles. The Morgan fingerprint density at radius 2 is 1.73 bits per heavy atom. The topological polar surface area (TPSA) is 26.3 Å². The fourth-order valence-corrected chi connectivity index (χ4v) is 2.36. The van der Waals surface area contributed by atoms with Crippen LogP contribution in [0.15, 0.2) is 12.2 Å². The molecule has 0 aliphatic rings. The monoisotopic (exact) mass is 228 g/mol. The lowest BCUT2D eigenvalue weighted by atomic mass is 10.1. The lowest BCUT2D eigenvalue weighted by Gasteiger charge is -2.38. The van der Waals surface area contributed by atoms with Crippen LogP contribution in [0.3, 0.4) is 0 Å². The Balaban J connectivity index is 4.61. The van der Waals surface area contributed by atoms with Crippen LogP contribution in [-0.2, 0) is 9.22 Å². The van der Waals surface area contributed by atoms with Crippen LogP contribution in [0.5, 0.6) is 0 Å². The zero-order valence-electron chi connectivity index (χ0n) is 11.1. The van der Waals surface area contributed by atoms with Crippen molar-refractivity contribution in [1.29, 1.82) is 0 Å². The summed E-state index contributed by atoms with van der Waals surface area (Å²) in [5, 5.41) is 0.165. The van der Waals surface area contributed by atoms with E-state index in [0.717, 1.165) is 0 Å². The normalized spacial score (nSPS) is 14.9. The molecule has 2 nitrogen and oxygen atoms in total. The van der Waals surface area contributed by atoms with E-state index < -0.39 is 8.32 Å². The van der Waals surface area contributed by atoms with E-state index in [1.54, 1.807) is 0 Å². The van der Waals surface area contributed by atoms with E-state index in [0.29, 0.717) is 5.57 Å². The van der Waals surface area contributed by atoms with Crippen LogP contribution in [0.25, 0.3) is 0 Å². The van der Waals surface area contributed by atoms with Crippen LogP contribution in [0.1, 0.15) is 34.6 Å². The molecule has 0 bridgehead atoms. The molecule has 0 aliphatic carbocycles. The molecule has 1 atom stereocenters. The second-order valence-corrected chi connectivity index (χ2v) is 10.4. The minimum absolute atomic E-state index is 0.0150. The quantitative estimate of drug-likeness (QED) is 0.543. The molecule has 0 aromatic heterocycles. The van der Waals surface area contributed by atoms with Gasteiger partial charge in [-0.25, -0.2) is 0 Å². The van der Waals surface area contributed by atoms with E-state index in [1.807, 2.05) is 6.92 Å². The van der Waals surface area contributed by atoms with Gasteiger partial charge in [-0.1, -0.05) is 27.4 Å². The summed E-state index contributed by atoms with van der Waals surface area (Å²) in [4.78, 5) is 11.2. The van der Waals surface area contributed by atoms with Crippen molar-refractivity contribution in [2.75, 3.05) is 0 Å². The second kappa shape index (κ2) is 4.62. The van der Waals surface area contributed by atoms with Crippen molar-refractivity contribution in [1.82, 2.24) is 0 Å². The van der Waals surface area contributed by atoms with Crippen LogP contribution in [0, 0.1) is 0 Å². The van der Waals surface area contributed by atoms with Gasteiger partial charge < -0.3 is 4.43 Å². The van der Waals surface area contributed by atoms with Gasteiger partial charge in [0.1, 0.15) is 0 Å². The predicted octanol–water partition coefficient (Wildman–Crippen LogP) is 3.54. The van der Waals surface area contributed by atoms with Crippen molar-refractivity contribution in [2.45, 2.75) is 58.9 Å². The highest BCUT2D eigenvalue weighted by Crippen LogP contribution is 2.37. The fourth-order valence-electron chi connectivity index (χ4n) is 0.976. The molecule has 1 unspecified atom stereocenters. The Morgan fingerprint density at radius 1 is 1.33 bits per heavy atom. The molecule has 15 heavy (non-hydrogen) atoms. The number of ketones is 1. The highest BCUT2D eigenvalue weighted by molar-refractivity contribution is 6.74. The van der Waals surface area contributed by atoms with E-state index in [-0.39, 0.29) is 16.9 Å². The van der Waals surface area contributed by atoms with Gasteiger partial charge in [0.15, 0.2) is 14.1 Å². The summed E-state index contributed by atoms with van der Waals surface area (Å²) >= 11 is 0. The number of hydrogen-bond acceptors (Lipinski definition) is 2. The third-order valence-corrected chi connectivity index (χ3v) is 7.78. The van der Waals surface area contributed by atoms with Gasteiger partial charge >= 0.3 is 0 Å². The summed E-state index contributed by atoms with van der Waals surface area (Å²) in [6.45, 7) is 18.1. The second-order valence-electron chi connectivity index (χ2n) is 5.60. The van der Waals surface area contributed by atoms with E-state index in [2.05, 4.69) is 40.4 Å². The molecule has 0 aromatic rings. The molecule has 0 amide bonds. The Bertz CT molecular complexity index is 261. The van der Waals surface area contributed by atoms with E-state index in [1.165, 1.54) is 6.92 Å². The molecule has 0 radical (unpaired) electrons. The largest absolute Gasteiger partial charge is 0.410 e. The Hall–Kier alpha value is -0.413. The fraction of sp³-hybridized carbons (Fsp3) is 0.750. The zero-order valence-corrected chi connectivity index (χ0v) is 12.1. The first kappa shape index (κ1) is 14.6. The molecular weight excluding hydrogens is 204 g/mol. The summed E-state index contributed by atoms with van der Waals surface area (Å²) in [6, 6.07) is 0. The van der Waals surface area contributed by atoms with Crippen LogP contribution >= 0.6 is 0 Å². The number of hydrogen-bond donors (Lipinski definition) is 0. The summed E-state index contributed by atoms with van der Waals surface area (Å²) in [5.74, 6) is 0.0150. The summed E-state index contributed by atoms with van der Waals surface area (Å²) in [6.07, 6.45) is -0.164. The molecule has 88 valence electrons. The lowest BCUT2D eigenvalue weighted by molar-refractivity contribution is -0.114. The van der Waals surface area contributed by atoms with Gasteiger partial charge in [-0.2, -0.15) is 0 Å². The molecule has 0 aromatic carbocycles. The number of rotatable bonds is 4. The van der Waals surface area contributed by atoms with E-state index in [4.69, 9.17) is 4.43 Å². The van der Waals surface area contributed by atoms with Gasteiger partial charge in [-0.15, -0.1) is 0 Å². The van der Waals surface area contributed by atoms with Crippen LogP contribution in [0.2, 0.25) is 18.1 Å². The van der Waals surface area contributed by atoms with Gasteiger partial charge in [0, 0.05) is 5.57 Å². The van der Waals surface area contributed by atoms with Gasteiger partial charge in [-0.05, 0) is 32.0 Å². The molecule has 0 saturated heterocycles. The average molecular weight is 228 g/mol. The first-order valence-electron chi connectivity index (χ1n) is 5.36. The highest BCUT2D eigenvalue weighted by atomic mass is 28.4. The van der Waals surface area contributed by atoms with Crippen molar-refractivity contribution in [2.24, 2.45) is 0 Å². The van der Waals surface area contributed by atoms with E-state index in [9.17, 15) is 4.79 Å². The Kier molecular flexibility index (Phi) is 4.49. The summed E-state index contributed by atoms with van der Waals surface area (Å²) in [7, 11) is -1.79. The molecule has 0 rings (SSSR count). The molecule has 0 aliphatic heterocycles. The Morgan fingerprint density at radius 3 is 2.00 bits per heavy atom. The number of carbonyl (C=O) groups excluding carboxylic acids is 1. The van der Waals surface area contributed by atoms with Crippen molar-refractivity contribution >= 4 is 14.1 Å². The first-order chi connectivity index (χ1) is 6.49. The van der Waals surface area contributed by atoms with Crippen molar-refractivity contribution in [3.05, 3.63) is 12.2 Å². The molecule has 0 fully saturated rings. The third kappa shape index (κ3) is 3.91. The maximum absolute atomic E-state index is 11.2. The maximum atomic E-state index is 11.2. The standard InChI is InChI=1S/C12H24O2Si/c1-9(10(2)13)11(3)14-15(7,8)12(4,5)6/h11H,1H2,2-8H3. The first-order valence-corrected chi connectivity index (χ1v) is 8.27. The Labute approximate surface area is 94.8 Å². The van der Waals surface area contributed by atoms with Crippen LogP contribution in [0.4, 0.5) is 0 Å². The van der Waals surface area contributed by atoms with Crippen LogP contribution in [-0.4, -0.2) is 20.2 Å². The SMILES string of the molecule is C=C(C(C)=O)C(C)O[Si](C)(C)C(C)(C)C. The molecular formula is C12H24O2Si. The minimum Gasteiger partial charge on any atom is -0.410 e. The maximum Gasteiger partial charge on any atom is 0.192 e. The summed E-state index contributed by atoms with van der Waals surface area (Å²) in [5.41, 5.74) is 0.569. The molecule has 3 heteroatoms. The van der Waals surface area contributed by atoms with Gasteiger partial charge in [0.2, 0.25) is 0 Å². The van der Waals surface area contributed by atoms with E-state index >= 15 is 0 Å². The van der Waals surface area contributed by atoms with Crippen LogP contribution < -0.4 is 0 Å². The van der Waals surface area contributed by atoms with Gasteiger partial charge in [-0.3, -0.25) is 4.79 Å². The number of Topliss-reactive ketones (excluding diaryl/α,β-unsaturated/α-hetero) is 1. The van der Waals surface area contributed by atoms with Crippen molar-refractivity contribution in [3.63, 3.8) is 0 Å². The summed E-state index contributed by atoms with van der Waals surface area (Å²) < 4.78 is 6.04.